The summed E-state index contributed by atoms with van der Waals surface area (Å²) in [6.07, 6.45) is 1.65. The van der Waals surface area contributed by atoms with Gasteiger partial charge in [-0.05, 0) is 48.7 Å². The summed E-state index contributed by atoms with van der Waals surface area (Å²) in [5.41, 5.74) is 0.871. The van der Waals surface area contributed by atoms with Crippen molar-refractivity contribution in [2.24, 2.45) is 0 Å². The van der Waals surface area contributed by atoms with Crippen molar-refractivity contribution >= 4 is 17.2 Å². The topological polar surface area (TPSA) is 63.9 Å². The third kappa shape index (κ3) is 5.85. The third-order valence-corrected chi connectivity index (χ3v) is 5.43. The molecule has 1 atom stereocenters. The molecule has 7 heteroatoms. The van der Waals surface area contributed by atoms with Crippen molar-refractivity contribution in [3.05, 3.63) is 70.3 Å². The average Bonchev–Trinajstić information content (AvgIpc) is 3.41. The van der Waals surface area contributed by atoms with Gasteiger partial charge in [-0.1, -0.05) is 6.07 Å². The summed E-state index contributed by atoms with van der Waals surface area (Å²) < 4.78 is 16.2. The van der Waals surface area contributed by atoms with Crippen molar-refractivity contribution in [3.8, 4) is 11.5 Å². The van der Waals surface area contributed by atoms with Gasteiger partial charge in [-0.25, -0.2) is 0 Å². The Morgan fingerprint density at radius 3 is 2.69 bits per heavy atom. The van der Waals surface area contributed by atoms with Gasteiger partial charge in [-0.15, -0.1) is 11.3 Å². The first kappa shape index (κ1) is 21.0. The van der Waals surface area contributed by atoms with Crippen LogP contribution in [0.15, 0.2) is 58.5 Å². The van der Waals surface area contributed by atoms with E-state index in [0.717, 1.165) is 17.1 Å². The molecule has 154 valence electrons. The summed E-state index contributed by atoms with van der Waals surface area (Å²) in [6.45, 7) is 3.44. The summed E-state index contributed by atoms with van der Waals surface area (Å²) >= 11 is 1.68. The van der Waals surface area contributed by atoms with E-state index < -0.39 is 0 Å². The van der Waals surface area contributed by atoms with Crippen LogP contribution in [0.25, 0.3) is 0 Å². The van der Waals surface area contributed by atoms with Crippen LogP contribution in [0.1, 0.15) is 29.2 Å². The Balaban J connectivity index is 1.67. The minimum absolute atomic E-state index is 0.0644. The number of amides is 1. The maximum absolute atomic E-state index is 12.8. The van der Waals surface area contributed by atoms with Crippen molar-refractivity contribution < 1.29 is 18.7 Å². The van der Waals surface area contributed by atoms with Gasteiger partial charge in [-0.2, -0.15) is 0 Å². The van der Waals surface area contributed by atoms with E-state index in [2.05, 4.69) is 16.3 Å². The summed E-state index contributed by atoms with van der Waals surface area (Å²) in [7, 11) is 3.23. The van der Waals surface area contributed by atoms with Gasteiger partial charge in [0.1, 0.15) is 17.3 Å². The fraction of sp³-hybridized carbons (Fsp3) is 0.318. The first-order chi connectivity index (χ1) is 14.1. The number of nitrogens with zero attached hydrogens (tertiary/aromatic N) is 1. The van der Waals surface area contributed by atoms with E-state index in [1.165, 1.54) is 4.88 Å². The smallest absolute Gasteiger partial charge is 0.234 e. The summed E-state index contributed by atoms with van der Waals surface area (Å²) in [4.78, 5) is 16.1. The molecule has 3 rings (SSSR count). The van der Waals surface area contributed by atoms with Crippen LogP contribution in [0.4, 0.5) is 0 Å². The predicted octanol–water partition coefficient (Wildman–Crippen LogP) is 4.24. The zero-order chi connectivity index (χ0) is 20.6. The highest BCUT2D eigenvalue weighted by Crippen LogP contribution is 2.29. The monoisotopic (exact) mass is 414 g/mol. The van der Waals surface area contributed by atoms with Crippen molar-refractivity contribution in [2.45, 2.75) is 26.1 Å². The Morgan fingerprint density at radius 1 is 1.17 bits per heavy atom. The maximum Gasteiger partial charge on any atom is 0.234 e. The van der Waals surface area contributed by atoms with Gasteiger partial charge in [-0.3, -0.25) is 9.69 Å². The van der Waals surface area contributed by atoms with Gasteiger partial charge in [0, 0.05) is 17.0 Å². The van der Waals surface area contributed by atoms with Crippen molar-refractivity contribution in [2.75, 3.05) is 20.8 Å². The van der Waals surface area contributed by atoms with Gasteiger partial charge in [0.15, 0.2) is 0 Å². The van der Waals surface area contributed by atoms with Gasteiger partial charge in [0.25, 0.3) is 0 Å². The van der Waals surface area contributed by atoms with Crippen LogP contribution in [0.5, 0.6) is 11.5 Å². The molecular weight excluding hydrogens is 388 g/mol. The number of furan rings is 1. The standard InChI is InChI=1S/C22H26N2O4S/c1-16(20-12-17(26-2)8-9-21(20)27-3)23-22(25)15-24(13-18-6-4-10-28-18)14-19-7-5-11-29-19/h4-12,16H,13-15H2,1-3H3,(H,23,25)/t16-/m1/s1. The van der Waals surface area contributed by atoms with E-state index in [9.17, 15) is 4.79 Å². The van der Waals surface area contributed by atoms with E-state index in [4.69, 9.17) is 13.9 Å². The molecule has 2 aromatic heterocycles. The van der Waals surface area contributed by atoms with E-state index in [0.29, 0.717) is 18.8 Å². The van der Waals surface area contributed by atoms with E-state index >= 15 is 0 Å². The number of carbonyl (C=O) groups is 1. The average molecular weight is 415 g/mol. The number of methoxy groups -OCH3 is 2. The number of hydrogen-bond acceptors (Lipinski definition) is 6. The number of benzene rings is 1. The molecule has 0 aliphatic heterocycles. The molecule has 0 spiro atoms. The van der Waals surface area contributed by atoms with E-state index in [-0.39, 0.29) is 18.5 Å². The summed E-state index contributed by atoms with van der Waals surface area (Å²) in [5, 5.41) is 5.11. The Kier molecular flexibility index (Phi) is 7.32. The minimum atomic E-state index is -0.222. The third-order valence-electron chi connectivity index (χ3n) is 4.57. The highest BCUT2D eigenvalue weighted by atomic mass is 32.1. The molecule has 0 saturated carbocycles. The van der Waals surface area contributed by atoms with Crippen LogP contribution in [0.3, 0.4) is 0 Å². The molecule has 6 nitrogen and oxygen atoms in total. The highest BCUT2D eigenvalue weighted by molar-refractivity contribution is 7.09. The molecule has 0 bridgehead atoms. The quantitative estimate of drug-likeness (QED) is 0.538. The molecular formula is C22H26N2O4S. The van der Waals surface area contributed by atoms with Crippen LogP contribution in [0.2, 0.25) is 0 Å². The molecule has 0 radical (unpaired) electrons. The van der Waals surface area contributed by atoms with Gasteiger partial charge in [0.05, 0.1) is 39.6 Å². The second kappa shape index (κ2) is 10.1. The van der Waals surface area contributed by atoms with Crippen LogP contribution in [0, 0.1) is 0 Å². The van der Waals surface area contributed by atoms with Crippen molar-refractivity contribution in [3.63, 3.8) is 0 Å². The van der Waals surface area contributed by atoms with Crippen LogP contribution >= 0.6 is 11.3 Å². The second-order valence-corrected chi connectivity index (χ2v) is 7.73. The molecule has 0 fully saturated rings. The minimum Gasteiger partial charge on any atom is -0.497 e. The molecule has 29 heavy (non-hydrogen) atoms. The lowest BCUT2D eigenvalue weighted by atomic mass is 10.1. The summed E-state index contributed by atoms with van der Waals surface area (Å²) in [6, 6.07) is 13.2. The SMILES string of the molecule is COc1ccc(OC)c([C@@H](C)NC(=O)CN(Cc2ccco2)Cc2cccs2)c1. The molecule has 1 amide bonds. The van der Waals surface area contributed by atoms with Crippen LogP contribution in [-0.2, 0) is 17.9 Å². The molecule has 2 heterocycles. The molecule has 0 saturated heterocycles. The number of carbonyl (C=O) groups excluding carboxylic acids is 1. The number of thiophene rings is 1. The molecule has 1 aromatic carbocycles. The highest BCUT2D eigenvalue weighted by Gasteiger charge is 2.18. The largest absolute Gasteiger partial charge is 0.497 e. The first-order valence-corrected chi connectivity index (χ1v) is 10.3. The second-order valence-electron chi connectivity index (χ2n) is 6.70. The number of nitrogens with one attached hydrogen (secondary N) is 1. The fourth-order valence-corrected chi connectivity index (χ4v) is 3.91. The number of rotatable bonds is 10. The lowest BCUT2D eigenvalue weighted by Crippen LogP contribution is -2.37. The Bertz CT molecular complexity index is 857. The molecule has 0 aliphatic rings. The Hall–Kier alpha value is -2.77. The predicted molar refractivity (Wildman–Crippen MR) is 113 cm³/mol. The number of ether oxygens (including phenoxy) is 2. The first-order valence-electron chi connectivity index (χ1n) is 9.37. The zero-order valence-electron chi connectivity index (χ0n) is 16.9. The van der Waals surface area contributed by atoms with Crippen molar-refractivity contribution in [1.29, 1.82) is 0 Å². The normalized spacial score (nSPS) is 12.0. The summed E-state index contributed by atoms with van der Waals surface area (Å²) in [5.74, 6) is 2.20. The Morgan fingerprint density at radius 2 is 2.03 bits per heavy atom. The number of hydrogen-bond donors (Lipinski definition) is 1. The van der Waals surface area contributed by atoms with Crippen LogP contribution < -0.4 is 14.8 Å². The lowest BCUT2D eigenvalue weighted by Gasteiger charge is -2.23. The lowest BCUT2D eigenvalue weighted by molar-refractivity contribution is -0.123. The van der Waals surface area contributed by atoms with Crippen LogP contribution in [-0.4, -0.2) is 31.6 Å². The molecule has 3 aromatic rings. The van der Waals surface area contributed by atoms with Gasteiger partial charge in [0.2, 0.25) is 5.91 Å². The van der Waals surface area contributed by atoms with E-state index in [1.807, 2.05) is 48.7 Å². The molecule has 1 N–H and O–H groups in total. The van der Waals surface area contributed by atoms with Crippen molar-refractivity contribution in [1.82, 2.24) is 10.2 Å². The Labute approximate surface area is 175 Å². The van der Waals surface area contributed by atoms with Gasteiger partial charge < -0.3 is 19.2 Å². The van der Waals surface area contributed by atoms with Gasteiger partial charge >= 0.3 is 0 Å². The fourth-order valence-electron chi connectivity index (χ4n) is 3.16. The zero-order valence-corrected chi connectivity index (χ0v) is 17.7. The van der Waals surface area contributed by atoms with E-state index in [1.54, 1.807) is 31.8 Å². The maximum atomic E-state index is 12.8. The molecule has 0 aliphatic carbocycles. The molecule has 0 unspecified atom stereocenters.